The first kappa shape index (κ1) is 22.0. The number of anilines is 1. The second-order valence-corrected chi connectivity index (χ2v) is 8.78. The van der Waals surface area contributed by atoms with E-state index in [0.29, 0.717) is 28.9 Å². The predicted octanol–water partition coefficient (Wildman–Crippen LogP) is 2.96. The van der Waals surface area contributed by atoms with E-state index in [1.54, 1.807) is 23.0 Å². The first-order chi connectivity index (χ1) is 16.3. The normalized spacial score (nSPS) is 19.2. The number of hydrogen-bond acceptors (Lipinski definition) is 7. The van der Waals surface area contributed by atoms with E-state index in [1.165, 1.54) is 13.2 Å². The molecular weight excluding hydrogens is 435 g/mol. The summed E-state index contributed by atoms with van der Waals surface area (Å²) in [4.78, 5) is 19.9. The van der Waals surface area contributed by atoms with Gasteiger partial charge in [-0.2, -0.15) is 4.98 Å². The molecule has 1 aliphatic rings. The number of piperazine rings is 1. The minimum atomic E-state index is -0.465. The van der Waals surface area contributed by atoms with Crippen LogP contribution in [0.4, 0.5) is 15.8 Å². The summed E-state index contributed by atoms with van der Waals surface area (Å²) >= 11 is 0. The van der Waals surface area contributed by atoms with Gasteiger partial charge in [0.05, 0.1) is 24.0 Å². The fourth-order valence-corrected chi connectivity index (χ4v) is 4.62. The van der Waals surface area contributed by atoms with Gasteiger partial charge < -0.3 is 25.1 Å². The van der Waals surface area contributed by atoms with Crippen LogP contribution in [0, 0.1) is 12.7 Å². The molecule has 4 aromatic rings. The highest BCUT2D eigenvalue weighted by Crippen LogP contribution is 2.31. The van der Waals surface area contributed by atoms with Crippen LogP contribution in [0.3, 0.4) is 0 Å². The molecular formula is C24H27FN8O. The number of amidine groups is 1. The van der Waals surface area contributed by atoms with Gasteiger partial charge in [0.15, 0.2) is 11.5 Å². The molecule has 0 radical (unpaired) electrons. The Kier molecular flexibility index (Phi) is 5.52. The zero-order valence-corrected chi connectivity index (χ0v) is 19.6. The van der Waals surface area contributed by atoms with Gasteiger partial charge >= 0.3 is 6.01 Å². The number of aliphatic imine (C=N–C) groups is 1. The minimum absolute atomic E-state index is 0.218. The van der Waals surface area contributed by atoms with Crippen molar-refractivity contribution in [3.63, 3.8) is 0 Å². The molecule has 0 saturated carbocycles. The highest BCUT2D eigenvalue weighted by atomic mass is 19.1. The van der Waals surface area contributed by atoms with E-state index in [1.807, 2.05) is 19.1 Å². The van der Waals surface area contributed by atoms with Crippen molar-refractivity contribution in [2.45, 2.75) is 32.9 Å². The van der Waals surface area contributed by atoms with E-state index in [9.17, 15) is 4.39 Å². The van der Waals surface area contributed by atoms with Gasteiger partial charge in [0, 0.05) is 66.5 Å². The molecule has 34 heavy (non-hydrogen) atoms. The molecule has 1 fully saturated rings. The summed E-state index contributed by atoms with van der Waals surface area (Å²) in [7, 11) is 1.52. The van der Waals surface area contributed by atoms with Gasteiger partial charge in [-0.1, -0.05) is 0 Å². The lowest BCUT2D eigenvalue weighted by Crippen LogP contribution is -2.54. The second-order valence-electron chi connectivity index (χ2n) is 8.78. The molecule has 10 heteroatoms. The van der Waals surface area contributed by atoms with Crippen molar-refractivity contribution in [2.24, 2.45) is 10.7 Å². The highest BCUT2D eigenvalue weighted by Gasteiger charge is 2.24. The van der Waals surface area contributed by atoms with Gasteiger partial charge in [-0.05, 0) is 32.9 Å². The average Bonchev–Trinajstić information content (AvgIpc) is 3.18. The van der Waals surface area contributed by atoms with Crippen molar-refractivity contribution in [3.05, 3.63) is 53.9 Å². The number of rotatable bonds is 4. The number of pyridine rings is 1. The summed E-state index contributed by atoms with van der Waals surface area (Å²) in [5.74, 6) is -0.247. The highest BCUT2D eigenvalue weighted by molar-refractivity contribution is 6.11. The van der Waals surface area contributed by atoms with Crippen molar-refractivity contribution >= 4 is 33.8 Å². The Balaban J connectivity index is 1.62. The third kappa shape index (κ3) is 4.01. The quantitative estimate of drug-likeness (QED) is 0.355. The number of ether oxygens (including phenoxy) is 1. The molecule has 0 aliphatic carbocycles. The van der Waals surface area contributed by atoms with Crippen LogP contribution in [0.15, 0.2) is 41.8 Å². The van der Waals surface area contributed by atoms with Gasteiger partial charge in [-0.15, -0.1) is 0 Å². The van der Waals surface area contributed by atoms with Crippen molar-refractivity contribution in [2.75, 3.05) is 25.1 Å². The number of benzene rings is 1. The third-order valence-electron chi connectivity index (χ3n) is 5.92. The topological polar surface area (TPSA) is 106 Å². The summed E-state index contributed by atoms with van der Waals surface area (Å²) in [5.41, 5.74) is 10.1. The first-order valence-electron chi connectivity index (χ1n) is 11.2. The number of imidazole rings is 1. The van der Waals surface area contributed by atoms with E-state index in [0.717, 1.165) is 29.9 Å². The number of methoxy groups -OCH3 is 1. The Labute approximate surface area is 196 Å². The van der Waals surface area contributed by atoms with E-state index in [-0.39, 0.29) is 17.5 Å². The van der Waals surface area contributed by atoms with Crippen molar-refractivity contribution in [1.29, 1.82) is 0 Å². The molecule has 0 bridgehead atoms. The lowest BCUT2D eigenvalue weighted by molar-refractivity contribution is 0.381. The Morgan fingerprint density at radius 2 is 1.97 bits per heavy atom. The van der Waals surface area contributed by atoms with Crippen molar-refractivity contribution in [3.8, 4) is 6.01 Å². The Bertz CT molecular complexity index is 1410. The third-order valence-corrected chi connectivity index (χ3v) is 5.92. The molecule has 4 heterocycles. The molecule has 1 aliphatic heterocycles. The first-order valence-corrected chi connectivity index (χ1v) is 11.2. The zero-order valence-electron chi connectivity index (χ0n) is 19.6. The molecule has 3 N–H and O–H groups in total. The molecule has 0 spiro atoms. The molecule has 2 atom stereocenters. The summed E-state index contributed by atoms with van der Waals surface area (Å²) in [6, 6.07) is 6.17. The van der Waals surface area contributed by atoms with E-state index in [4.69, 9.17) is 10.5 Å². The molecule has 0 amide bonds. The molecule has 3 aromatic heterocycles. The van der Waals surface area contributed by atoms with Crippen LogP contribution >= 0.6 is 0 Å². The van der Waals surface area contributed by atoms with E-state index in [2.05, 4.69) is 44.0 Å². The van der Waals surface area contributed by atoms with Gasteiger partial charge in [-0.25, -0.2) is 19.4 Å². The second kappa shape index (κ2) is 8.53. The van der Waals surface area contributed by atoms with Crippen LogP contribution in [-0.4, -0.2) is 57.5 Å². The zero-order chi connectivity index (χ0) is 24.0. The monoisotopic (exact) mass is 462 g/mol. The SMILES string of the molecule is COc1ncc2c(N3C[C@H](C)N[C@@H](C)C3)ccc(C(N)=Nc3cc(F)c4nc(C)cn4c3)c2n1. The van der Waals surface area contributed by atoms with Crippen molar-refractivity contribution < 1.29 is 9.13 Å². The van der Waals surface area contributed by atoms with Gasteiger partial charge in [0.1, 0.15) is 5.84 Å². The van der Waals surface area contributed by atoms with Crippen molar-refractivity contribution in [1.82, 2.24) is 24.7 Å². The molecule has 176 valence electrons. The van der Waals surface area contributed by atoms with E-state index < -0.39 is 5.82 Å². The predicted molar refractivity (Wildman–Crippen MR) is 131 cm³/mol. The molecule has 0 unspecified atom stereocenters. The fourth-order valence-electron chi connectivity index (χ4n) is 4.62. The summed E-state index contributed by atoms with van der Waals surface area (Å²) in [6.07, 6.45) is 5.19. The Morgan fingerprint density at radius 3 is 2.71 bits per heavy atom. The maximum absolute atomic E-state index is 14.5. The Morgan fingerprint density at radius 1 is 1.21 bits per heavy atom. The number of aromatic nitrogens is 4. The largest absolute Gasteiger partial charge is 0.467 e. The van der Waals surface area contributed by atoms with Crippen LogP contribution < -0.4 is 20.7 Å². The smallest absolute Gasteiger partial charge is 0.316 e. The van der Waals surface area contributed by atoms with Crippen LogP contribution in [0.5, 0.6) is 6.01 Å². The molecule has 9 nitrogen and oxygen atoms in total. The van der Waals surface area contributed by atoms with Gasteiger partial charge in [0.2, 0.25) is 0 Å². The number of fused-ring (bicyclic) bond motifs is 2. The maximum atomic E-state index is 14.5. The summed E-state index contributed by atoms with van der Waals surface area (Å²) in [5, 5.41) is 4.40. The van der Waals surface area contributed by atoms with Crippen LogP contribution in [-0.2, 0) is 0 Å². The standard InChI is InChI=1S/C24H27FN8O/c1-13-9-32(10-14(2)28-13)20-6-5-17(21-18(20)8-27-24(31-21)34-4)22(26)30-16-7-19(25)23-29-15(3)11-33(23)12-16/h5-8,11-14,28H,9-10H2,1-4H3,(H2,26,30)/t13-,14-/m0/s1. The average molecular weight is 463 g/mol. The number of hydrogen-bond donors (Lipinski definition) is 2. The van der Waals surface area contributed by atoms with Crippen LogP contribution in [0.1, 0.15) is 25.1 Å². The van der Waals surface area contributed by atoms with E-state index >= 15 is 0 Å². The molecule has 5 rings (SSSR count). The number of aryl methyl sites for hydroxylation is 1. The summed E-state index contributed by atoms with van der Waals surface area (Å²) in [6.45, 7) is 7.86. The number of nitrogens with two attached hydrogens (primary N) is 1. The minimum Gasteiger partial charge on any atom is -0.467 e. The number of nitrogens with zero attached hydrogens (tertiary/aromatic N) is 6. The van der Waals surface area contributed by atoms with Gasteiger partial charge in [0.25, 0.3) is 0 Å². The lowest BCUT2D eigenvalue weighted by atomic mass is 10.0. The van der Waals surface area contributed by atoms with Crippen LogP contribution in [0.2, 0.25) is 0 Å². The van der Waals surface area contributed by atoms with Gasteiger partial charge in [-0.3, -0.25) is 0 Å². The fraction of sp³-hybridized carbons (Fsp3) is 0.333. The molecule has 1 aromatic carbocycles. The number of nitrogens with one attached hydrogen (secondary N) is 1. The lowest BCUT2D eigenvalue weighted by Gasteiger charge is -2.38. The number of halogens is 1. The summed E-state index contributed by atoms with van der Waals surface area (Å²) < 4.78 is 21.4. The molecule has 1 saturated heterocycles. The Hall–Kier alpha value is -3.79. The maximum Gasteiger partial charge on any atom is 0.316 e. The van der Waals surface area contributed by atoms with Crippen LogP contribution in [0.25, 0.3) is 16.6 Å².